The zero-order chi connectivity index (χ0) is 19.8. The van der Waals surface area contributed by atoms with Crippen LogP contribution >= 0.6 is 0 Å². The van der Waals surface area contributed by atoms with Crippen LogP contribution in [-0.4, -0.2) is 13.2 Å². The van der Waals surface area contributed by atoms with E-state index in [1.807, 2.05) is 0 Å². The molecule has 0 aliphatic carbocycles. The van der Waals surface area contributed by atoms with Crippen LogP contribution in [0.4, 0.5) is 0 Å². The van der Waals surface area contributed by atoms with Gasteiger partial charge in [-0.05, 0) is 59.7 Å². The van der Waals surface area contributed by atoms with Crippen molar-refractivity contribution in [3.05, 3.63) is 78.4 Å². The van der Waals surface area contributed by atoms with Crippen molar-refractivity contribution in [3.63, 3.8) is 0 Å². The number of benzene rings is 3. The molecule has 0 saturated carbocycles. The van der Waals surface area contributed by atoms with Gasteiger partial charge in [0.2, 0.25) is 0 Å². The molecule has 28 heavy (non-hydrogen) atoms. The highest BCUT2D eigenvalue weighted by molar-refractivity contribution is 5.83. The van der Waals surface area contributed by atoms with Gasteiger partial charge in [0.1, 0.15) is 5.75 Å². The van der Waals surface area contributed by atoms with Crippen LogP contribution in [0.15, 0.2) is 72.8 Å². The summed E-state index contributed by atoms with van der Waals surface area (Å²) in [6.45, 7) is 7.91. The minimum Gasteiger partial charge on any atom is -0.494 e. The Bertz CT molecular complexity index is 850. The van der Waals surface area contributed by atoms with Gasteiger partial charge in [-0.1, -0.05) is 74.5 Å². The Labute approximate surface area is 169 Å². The van der Waals surface area contributed by atoms with E-state index in [4.69, 9.17) is 9.47 Å². The van der Waals surface area contributed by atoms with Gasteiger partial charge in [-0.3, -0.25) is 0 Å². The fourth-order valence-corrected chi connectivity index (χ4v) is 3.26. The third kappa shape index (κ3) is 5.02. The van der Waals surface area contributed by atoms with Crippen molar-refractivity contribution >= 4 is 0 Å². The van der Waals surface area contributed by atoms with E-state index >= 15 is 0 Å². The zero-order valence-corrected chi connectivity index (χ0v) is 17.2. The lowest BCUT2D eigenvalue weighted by atomic mass is 9.94. The monoisotopic (exact) mass is 374 g/mol. The van der Waals surface area contributed by atoms with Gasteiger partial charge in [0.05, 0.1) is 12.7 Å². The standard InChI is InChI=1S/C26H30O2/c1-4-18-27-20(3)21-10-12-22(13-11-21)25-8-6-7-9-26(25)23-14-16-24(17-15-23)28-19-5-2/h6-17,20H,4-5,18-19H2,1-3H3. The molecule has 0 aromatic heterocycles. The molecule has 0 bridgehead atoms. The summed E-state index contributed by atoms with van der Waals surface area (Å²) in [7, 11) is 0. The van der Waals surface area contributed by atoms with E-state index in [2.05, 4.69) is 93.6 Å². The molecule has 3 aromatic carbocycles. The summed E-state index contributed by atoms with van der Waals surface area (Å²) in [5, 5.41) is 0. The Kier molecular flexibility index (Phi) is 7.27. The molecule has 0 aliphatic heterocycles. The average molecular weight is 375 g/mol. The molecule has 0 N–H and O–H groups in total. The summed E-state index contributed by atoms with van der Waals surface area (Å²) < 4.78 is 11.6. The molecular formula is C26H30O2. The maximum atomic E-state index is 5.84. The molecule has 0 heterocycles. The molecule has 0 aliphatic rings. The Hall–Kier alpha value is -2.58. The van der Waals surface area contributed by atoms with Gasteiger partial charge in [0.15, 0.2) is 0 Å². The summed E-state index contributed by atoms with van der Waals surface area (Å²) in [4.78, 5) is 0. The Balaban J connectivity index is 1.84. The normalized spacial score (nSPS) is 12.0. The Morgan fingerprint density at radius 3 is 1.75 bits per heavy atom. The lowest BCUT2D eigenvalue weighted by Crippen LogP contribution is -2.00. The topological polar surface area (TPSA) is 18.5 Å². The summed E-state index contributed by atoms with van der Waals surface area (Å²) in [5.74, 6) is 0.925. The van der Waals surface area contributed by atoms with Crippen molar-refractivity contribution in [2.75, 3.05) is 13.2 Å². The van der Waals surface area contributed by atoms with Crippen LogP contribution in [0.5, 0.6) is 5.75 Å². The number of hydrogen-bond donors (Lipinski definition) is 0. The molecule has 2 nitrogen and oxygen atoms in total. The van der Waals surface area contributed by atoms with Crippen molar-refractivity contribution < 1.29 is 9.47 Å². The smallest absolute Gasteiger partial charge is 0.119 e. The highest BCUT2D eigenvalue weighted by atomic mass is 16.5. The lowest BCUT2D eigenvalue weighted by molar-refractivity contribution is 0.0663. The first-order valence-corrected chi connectivity index (χ1v) is 10.3. The molecule has 146 valence electrons. The van der Waals surface area contributed by atoms with Gasteiger partial charge in [-0.15, -0.1) is 0 Å². The molecule has 3 rings (SSSR count). The maximum absolute atomic E-state index is 5.84. The van der Waals surface area contributed by atoms with E-state index in [-0.39, 0.29) is 6.10 Å². The largest absolute Gasteiger partial charge is 0.494 e. The third-order valence-electron chi connectivity index (χ3n) is 4.83. The van der Waals surface area contributed by atoms with E-state index < -0.39 is 0 Å². The fraction of sp³-hybridized carbons (Fsp3) is 0.308. The van der Waals surface area contributed by atoms with Crippen LogP contribution in [0, 0.1) is 0 Å². The fourth-order valence-electron chi connectivity index (χ4n) is 3.26. The van der Waals surface area contributed by atoms with E-state index in [1.54, 1.807) is 0 Å². The average Bonchev–Trinajstić information content (AvgIpc) is 2.76. The molecule has 0 saturated heterocycles. The Morgan fingerprint density at radius 2 is 1.21 bits per heavy atom. The zero-order valence-electron chi connectivity index (χ0n) is 17.2. The minimum atomic E-state index is 0.125. The van der Waals surface area contributed by atoms with E-state index in [0.29, 0.717) is 0 Å². The number of ether oxygens (including phenoxy) is 2. The molecule has 2 heteroatoms. The van der Waals surface area contributed by atoms with Crippen LogP contribution in [0.1, 0.15) is 45.3 Å². The second-order valence-electron chi connectivity index (χ2n) is 7.05. The van der Waals surface area contributed by atoms with Crippen molar-refractivity contribution in [1.82, 2.24) is 0 Å². The van der Waals surface area contributed by atoms with Gasteiger partial charge in [-0.25, -0.2) is 0 Å². The van der Waals surface area contributed by atoms with Crippen molar-refractivity contribution in [2.24, 2.45) is 0 Å². The first-order chi connectivity index (χ1) is 13.7. The number of rotatable bonds is 9. The molecule has 3 aromatic rings. The van der Waals surface area contributed by atoms with E-state index in [9.17, 15) is 0 Å². The SMILES string of the molecule is CCCOc1ccc(-c2ccccc2-c2ccc(C(C)OCCC)cc2)cc1. The maximum Gasteiger partial charge on any atom is 0.119 e. The predicted molar refractivity (Wildman–Crippen MR) is 118 cm³/mol. The van der Waals surface area contributed by atoms with Crippen LogP contribution in [0.2, 0.25) is 0 Å². The molecule has 1 unspecified atom stereocenters. The van der Waals surface area contributed by atoms with E-state index in [1.165, 1.54) is 27.8 Å². The molecule has 1 atom stereocenters. The van der Waals surface area contributed by atoms with Gasteiger partial charge in [0.25, 0.3) is 0 Å². The van der Waals surface area contributed by atoms with Crippen LogP contribution in [0.25, 0.3) is 22.3 Å². The van der Waals surface area contributed by atoms with Gasteiger partial charge < -0.3 is 9.47 Å². The first-order valence-electron chi connectivity index (χ1n) is 10.3. The lowest BCUT2D eigenvalue weighted by Gasteiger charge is -2.15. The van der Waals surface area contributed by atoms with E-state index in [0.717, 1.165) is 31.8 Å². The molecule has 0 amide bonds. The Morgan fingerprint density at radius 1 is 0.679 bits per heavy atom. The van der Waals surface area contributed by atoms with Crippen LogP contribution in [0.3, 0.4) is 0 Å². The third-order valence-corrected chi connectivity index (χ3v) is 4.83. The summed E-state index contributed by atoms with van der Waals surface area (Å²) in [6.07, 6.45) is 2.18. The second kappa shape index (κ2) is 10.1. The van der Waals surface area contributed by atoms with Crippen molar-refractivity contribution in [2.45, 2.75) is 39.7 Å². The highest BCUT2D eigenvalue weighted by Crippen LogP contribution is 2.33. The molecule has 0 radical (unpaired) electrons. The minimum absolute atomic E-state index is 0.125. The summed E-state index contributed by atoms with van der Waals surface area (Å²) in [6, 6.07) is 25.7. The van der Waals surface area contributed by atoms with Crippen molar-refractivity contribution in [3.8, 4) is 28.0 Å². The molecular weight excluding hydrogens is 344 g/mol. The van der Waals surface area contributed by atoms with Crippen LogP contribution in [-0.2, 0) is 4.74 Å². The van der Waals surface area contributed by atoms with Gasteiger partial charge >= 0.3 is 0 Å². The first kappa shape index (κ1) is 20.2. The molecule has 0 spiro atoms. The second-order valence-corrected chi connectivity index (χ2v) is 7.05. The van der Waals surface area contributed by atoms with Gasteiger partial charge in [-0.2, -0.15) is 0 Å². The highest BCUT2D eigenvalue weighted by Gasteiger charge is 2.09. The molecule has 0 fully saturated rings. The van der Waals surface area contributed by atoms with Crippen LogP contribution < -0.4 is 4.74 Å². The van der Waals surface area contributed by atoms with Crippen molar-refractivity contribution in [1.29, 1.82) is 0 Å². The summed E-state index contributed by atoms with van der Waals surface area (Å²) in [5.41, 5.74) is 6.09. The predicted octanol–water partition coefficient (Wildman–Crippen LogP) is 7.30. The quantitative estimate of drug-likeness (QED) is 0.391. The number of hydrogen-bond acceptors (Lipinski definition) is 2. The summed E-state index contributed by atoms with van der Waals surface area (Å²) >= 11 is 0. The van der Waals surface area contributed by atoms with Gasteiger partial charge in [0, 0.05) is 6.61 Å².